The Morgan fingerprint density at radius 2 is 1.84 bits per heavy atom. The number of nitrogens with two attached hydrogens (primary N) is 1. The van der Waals surface area contributed by atoms with E-state index in [0.29, 0.717) is 5.69 Å². The van der Waals surface area contributed by atoms with Crippen LogP contribution in [-0.2, 0) is 14.8 Å². The van der Waals surface area contributed by atoms with Gasteiger partial charge in [-0.15, -0.1) is 0 Å². The van der Waals surface area contributed by atoms with Crippen LogP contribution < -0.4 is 10.5 Å². The summed E-state index contributed by atoms with van der Waals surface area (Å²) in [6.07, 6.45) is 4.80. The van der Waals surface area contributed by atoms with E-state index in [2.05, 4.69) is 19.2 Å². The number of nitrogens with zero attached hydrogens (tertiary/aromatic N) is 2. The maximum atomic E-state index is 12.3. The quantitative estimate of drug-likeness (QED) is 0.627. The first kappa shape index (κ1) is 19.0. The summed E-state index contributed by atoms with van der Waals surface area (Å²) in [5.74, 6) is -0.532. The van der Waals surface area contributed by atoms with Crippen molar-refractivity contribution < 1.29 is 13.2 Å². The minimum absolute atomic E-state index is 0.0103. The molecule has 1 saturated heterocycles. The van der Waals surface area contributed by atoms with E-state index in [1.54, 1.807) is 6.20 Å². The first-order chi connectivity index (χ1) is 11.7. The van der Waals surface area contributed by atoms with E-state index in [1.807, 2.05) is 11.0 Å². The number of anilines is 1. The summed E-state index contributed by atoms with van der Waals surface area (Å²) in [6.45, 7) is 4.15. The molecule has 25 heavy (non-hydrogen) atoms. The molecule has 0 aliphatic carbocycles. The Balaban J connectivity index is 2.15. The molecule has 0 spiro atoms. The predicted octanol–water partition coefficient (Wildman–Crippen LogP) is 1.94. The molecule has 1 aromatic carbocycles. The molecule has 1 heterocycles. The van der Waals surface area contributed by atoms with E-state index in [1.165, 1.54) is 24.3 Å². The number of amides is 1. The van der Waals surface area contributed by atoms with Gasteiger partial charge in [0.25, 0.3) is 5.91 Å². The number of benzene rings is 1. The first-order valence-electron chi connectivity index (χ1n) is 8.06. The lowest BCUT2D eigenvalue weighted by molar-refractivity contribution is -0.112. The Bertz CT molecular complexity index is 799. The minimum Gasteiger partial charge on any atom is -0.371 e. The Morgan fingerprint density at radius 3 is 2.32 bits per heavy atom. The van der Waals surface area contributed by atoms with Gasteiger partial charge in [-0.3, -0.25) is 4.79 Å². The average Bonchev–Trinajstić information content (AvgIpc) is 2.54. The minimum atomic E-state index is -3.78. The van der Waals surface area contributed by atoms with Gasteiger partial charge in [0.1, 0.15) is 11.6 Å². The maximum absolute atomic E-state index is 12.3. The zero-order chi connectivity index (χ0) is 18.6. The van der Waals surface area contributed by atoms with Gasteiger partial charge in [0.05, 0.1) is 4.90 Å². The maximum Gasteiger partial charge on any atom is 0.267 e. The van der Waals surface area contributed by atoms with Crippen molar-refractivity contribution in [1.82, 2.24) is 4.90 Å². The van der Waals surface area contributed by atoms with Crippen LogP contribution in [0.1, 0.15) is 33.1 Å². The predicted molar refractivity (Wildman–Crippen MR) is 94.8 cm³/mol. The second-order valence-electron chi connectivity index (χ2n) is 6.25. The molecule has 0 saturated carbocycles. The highest BCUT2D eigenvalue weighted by molar-refractivity contribution is 7.89. The van der Waals surface area contributed by atoms with Crippen LogP contribution in [0, 0.1) is 11.3 Å². The average molecular weight is 362 g/mol. The topological polar surface area (TPSA) is 116 Å². The number of nitriles is 1. The van der Waals surface area contributed by atoms with Crippen LogP contribution in [0.25, 0.3) is 0 Å². The van der Waals surface area contributed by atoms with Gasteiger partial charge in [-0.2, -0.15) is 5.26 Å². The van der Waals surface area contributed by atoms with Crippen molar-refractivity contribution in [1.29, 1.82) is 5.26 Å². The molecule has 1 aliphatic heterocycles. The summed E-state index contributed by atoms with van der Waals surface area (Å²) in [4.78, 5) is 14.3. The highest BCUT2D eigenvalue weighted by atomic mass is 32.2. The van der Waals surface area contributed by atoms with Crippen molar-refractivity contribution in [3.8, 4) is 6.07 Å². The van der Waals surface area contributed by atoms with Crippen LogP contribution in [0.3, 0.4) is 0 Å². The second-order valence-corrected chi connectivity index (χ2v) is 7.82. The third kappa shape index (κ3) is 4.81. The summed E-state index contributed by atoms with van der Waals surface area (Å²) in [5, 5.41) is 17.0. The number of rotatable bonds is 4. The van der Waals surface area contributed by atoms with Gasteiger partial charge in [-0.25, -0.2) is 13.6 Å². The molecule has 3 N–H and O–H groups in total. The largest absolute Gasteiger partial charge is 0.371 e. The number of likely N-dealkylation sites (tertiary alicyclic amines) is 1. The fourth-order valence-corrected chi connectivity index (χ4v) is 3.42. The van der Waals surface area contributed by atoms with Crippen molar-refractivity contribution in [3.05, 3.63) is 36.0 Å². The van der Waals surface area contributed by atoms with Crippen molar-refractivity contribution in [2.75, 3.05) is 5.32 Å². The SMILES string of the molecule is CC1CCCC(C)N1/C=C(/C#N)C(=O)Nc1ccc(S(N)(=O)=O)cc1. The number of piperidine rings is 1. The monoisotopic (exact) mass is 362 g/mol. The molecule has 8 heteroatoms. The summed E-state index contributed by atoms with van der Waals surface area (Å²) < 4.78 is 22.5. The van der Waals surface area contributed by atoms with Crippen molar-refractivity contribution in [2.24, 2.45) is 5.14 Å². The molecule has 2 rings (SSSR count). The molecule has 0 aromatic heterocycles. The zero-order valence-corrected chi connectivity index (χ0v) is 15.1. The number of nitrogens with one attached hydrogen (secondary N) is 1. The number of carbonyl (C=O) groups excluding carboxylic acids is 1. The van der Waals surface area contributed by atoms with E-state index < -0.39 is 15.9 Å². The first-order valence-corrected chi connectivity index (χ1v) is 9.60. The summed E-state index contributed by atoms with van der Waals surface area (Å²) in [5.41, 5.74) is 0.398. The number of carbonyl (C=O) groups is 1. The molecule has 1 aromatic rings. The van der Waals surface area contributed by atoms with Gasteiger partial charge in [-0.05, 0) is 57.4 Å². The molecular weight excluding hydrogens is 340 g/mol. The van der Waals surface area contributed by atoms with E-state index in [0.717, 1.165) is 19.3 Å². The summed E-state index contributed by atoms with van der Waals surface area (Å²) in [7, 11) is -3.78. The Kier molecular flexibility index (Phi) is 5.82. The second kappa shape index (κ2) is 7.68. The lowest BCUT2D eigenvalue weighted by Gasteiger charge is -2.38. The van der Waals surface area contributed by atoms with Crippen molar-refractivity contribution in [2.45, 2.75) is 50.1 Å². The Labute approximate surface area is 148 Å². The lowest BCUT2D eigenvalue weighted by atomic mass is 9.98. The molecule has 1 aliphatic rings. The molecule has 1 fully saturated rings. The third-order valence-electron chi connectivity index (χ3n) is 4.35. The lowest BCUT2D eigenvalue weighted by Crippen LogP contribution is -2.40. The van der Waals surface area contributed by atoms with Gasteiger partial charge < -0.3 is 10.2 Å². The molecule has 1 amide bonds. The number of hydrogen-bond acceptors (Lipinski definition) is 5. The van der Waals surface area contributed by atoms with E-state index in [4.69, 9.17) is 5.14 Å². The highest BCUT2D eigenvalue weighted by Gasteiger charge is 2.23. The molecule has 134 valence electrons. The van der Waals surface area contributed by atoms with Crippen molar-refractivity contribution >= 4 is 21.6 Å². The standard InChI is InChI=1S/C17H22N4O3S/c1-12-4-3-5-13(2)21(12)11-14(10-18)17(22)20-15-6-8-16(9-7-15)25(19,23)24/h6-9,11-13H,3-5H2,1-2H3,(H,20,22)(H2,19,23,24)/b14-11-. The van der Waals surface area contributed by atoms with Crippen LogP contribution in [0.2, 0.25) is 0 Å². The highest BCUT2D eigenvalue weighted by Crippen LogP contribution is 2.23. The molecule has 0 radical (unpaired) electrons. The van der Waals surface area contributed by atoms with Gasteiger partial charge >= 0.3 is 0 Å². The summed E-state index contributed by atoms with van der Waals surface area (Å²) in [6, 6.07) is 7.94. The van der Waals surface area contributed by atoms with Crippen LogP contribution >= 0.6 is 0 Å². The number of sulfonamides is 1. The van der Waals surface area contributed by atoms with Gasteiger partial charge in [-0.1, -0.05) is 0 Å². The van der Waals surface area contributed by atoms with Crippen LogP contribution in [0.5, 0.6) is 0 Å². The molecule has 2 atom stereocenters. The number of hydrogen-bond donors (Lipinski definition) is 2. The van der Waals surface area contributed by atoms with E-state index in [9.17, 15) is 18.5 Å². The van der Waals surface area contributed by atoms with E-state index >= 15 is 0 Å². The van der Waals surface area contributed by atoms with Gasteiger partial charge in [0, 0.05) is 24.0 Å². The normalized spacial score (nSPS) is 21.5. The van der Waals surface area contributed by atoms with Crippen LogP contribution in [0.15, 0.2) is 40.9 Å². The Morgan fingerprint density at radius 1 is 1.28 bits per heavy atom. The van der Waals surface area contributed by atoms with Crippen LogP contribution in [-0.4, -0.2) is 31.3 Å². The Hall–Kier alpha value is -2.37. The third-order valence-corrected chi connectivity index (χ3v) is 5.27. The molecule has 2 unspecified atom stereocenters. The zero-order valence-electron chi connectivity index (χ0n) is 14.3. The van der Waals surface area contributed by atoms with E-state index in [-0.39, 0.29) is 22.6 Å². The van der Waals surface area contributed by atoms with Gasteiger partial charge in [0.15, 0.2) is 0 Å². The van der Waals surface area contributed by atoms with Gasteiger partial charge in [0.2, 0.25) is 10.0 Å². The smallest absolute Gasteiger partial charge is 0.267 e. The molecule has 0 bridgehead atoms. The summed E-state index contributed by atoms with van der Waals surface area (Å²) >= 11 is 0. The van der Waals surface area contributed by atoms with Crippen LogP contribution in [0.4, 0.5) is 5.69 Å². The molecule has 7 nitrogen and oxygen atoms in total. The number of primary sulfonamides is 1. The fraction of sp³-hybridized carbons (Fsp3) is 0.412. The molecular formula is C17H22N4O3S. The van der Waals surface area contributed by atoms with Crippen molar-refractivity contribution in [3.63, 3.8) is 0 Å². The fourth-order valence-electron chi connectivity index (χ4n) is 2.91.